The number of alkyl halides is 3. The molecule has 0 radical (unpaired) electrons. The van der Waals surface area contributed by atoms with E-state index in [1.54, 1.807) is 18.3 Å². The molecular formula is C11H12F3NO2. The van der Waals surface area contributed by atoms with Crippen LogP contribution < -0.4 is 10.1 Å². The van der Waals surface area contributed by atoms with Gasteiger partial charge in [0.25, 0.3) is 5.91 Å². The summed E-state index contributed by atoms with van der Waals surface area (Å²) in [5.74, 6) is -0.315. The van der Waals surface area contributed by atoms with Crippen LogP contribution in [0.25, 0.3) is 0 Å². The average molecular weight is 247 g/mol. The van der Waals surface area contributed by atoms with Gasteiger partial charge in [0.15, 0.2) is 0 Å². The molecule has 6 heteroatoms. The second-order valence-electron chi connectivity index (χ2n) is 3.48. The molecule has 0 bridgehead atoms. The first-order chi connectivity index (χ1) is 7.83. The summed E-state index contributed by atoms with van der Waals surface area (Å²) < 4.78 is 40.7. The number of carbonyl (C=O) groups excluding carboxylic acids is 1. The lowest BCUT2D eigenvalue weighted by atomic mass is 10.1. The molecule has 0 aliphatic carbocycles. The smallest absolute Gasteiger partial charge is 0.405 e. The van der Waals surface area contributed by atoms with Crippen molar-refractivity contribution < 1.29 is 22.7 Å². The first-order valence-corrected chi connectivity index (χ1v) is 4.83. The highest BCUT2D eigenvalue weighted by atomic mass is 19.4. The van der Waals surface area contributed by atoms with Gasteiger partial charge in [0, 0.05) is 5.56 Å². The van der Waals surface area contributed by atoms with Crippen LogP contribution in [0.5, 0.6) is 5.75 Å². The summed E-state index contributed by atoms with van der Waals surface area (Å²) in [6.07, 6.45) is -4.41. The summed E-state index contributed by atoms with van der Waals surface area (Å²) >= 11 is 0. The number of ether oxygens (including phenoxy) is 1. The van der Waals surface area contributed by atoms with E-state index in [1.807, 2.05) is 0 Å². The van der Waals surface area contributed by atoms with Crippen molar-refractivity contribution in [3.8, 4) is 5.75 Å². The second-order valence-corrected chi connectivity index (χ2v) is 3.48. The summed E-state index contributed by atoms with van der Waals surface area (Å²) in [4.78, 5) is 11.4. The molecule has 1 rings (SSSR count). The highest BCUT2D eigenvalue weighted by molar-refractivity contribution is 5.94. The Morgan fingerprint density at radius 3 is 2.59 bits per heavy atom. The molecule has 0 atom stereocenters. The molecule has 1 aromatic rings. The van der Waals surface area contributed by atoms with Crippen LogP contribution in [-0.4, -0.2) is 25.7 Å². The highest BCUT2D eigenvalue weighted by Gasteiger charge is 2.27. The number of benzene rings is 1. The molecule has 1 amide bonds. The quantitative estimate of drug-likeness (QED) is 0.890. The number of nitrogens with one attached hydrogen (secondary N) is 1. The van der Waals surface area contributed by atoms with Gasteiger partial charge in [0.1, 0.15) is 12.3 Å². The van der Waals surface area contributed by atoms with Gasteiger partial charge in [0.2, 0.25) is 0 Å². The standard InChI is InChI=1S/C11H12F3NO2/c1-7-3-4-8(5-9(7)17-2)10(16)15-6-11(12,13)14/h3-5H,6H2,1-2H3,(H,15,16). The van der Waals surface area contributed by atoms with Crippen LogP contribution >= 0.6 is 0 Å². The van der Waals surface area contributed by atoms with E-state index < -0.39 is 18.6 Å². The number of hydrogen-bond acceptors (Lipinski definition) is 2. The van der Waals surface area contributed by atoms with E-state index in [1.165, 1.54) is 19.2 Å². The van der Waals surface area contributed by atoms with E-state index in [2.05, 4.69) is 0 Å². The van der Waals surface area contributed by atoms with Gasteiger partial charge in [0.05, 0.1) is 7.11 Å². The normalized spacial score (nSPS) is 11.1. The lowest BCUT2D eigenvalue weighted by Gasteiger charge is -2.10. The number of methoxy groups -OCH3 is 1. The summed E-state index contributed by atoms with van der Waals surface area (Å²) in [6.45, 7) is 0.429. The molecule has 0 saturated carbocycles. The van der Waals surface area contributed by atoms with Crippen molar-refractivity contribution in [2.24, 2.45) is 0 Å². The van der Waals surface area contributed by atoms with Crippen LogP contribution in [0.15, 0.2) is 18.2 Å². The van der Waals surface area contributed by atoms with E-state index in [9.17, 15) is 18.0 Å². The van der Waals surface area contributed by atoms with Gasteiger partial charge in [-0.2, -0.15) is 13.2 Å². The van der Waals surface area contributed by atoms with Crippen LogP contribution in [0.3, 0.4) is 0 Å². The van der Waals surface area contributed by atoms with E-state index in [0.29, 0.717) is 5.75 Å². The largest absolute Gasteiger partial charge is 0.496 e. The monoisotopic (exact) mass is 247 g/mol. The Labute approximate surface area is 96.6 Å². The van der Waals surface area contributed by atoms with Gasteiger partial charge in [-0.3, -0.25) is 4.79 Å². The second kappa shape index (κ2) is 5.07. The summed E-state index contributed by atoms with van der Waals surface area (Å²) in [5.41, 5.74) is 0.941. The fourth-order valence-electron chi connectivity index (χ4n) is 1.24. The molecule has 1 aromatic carbocycles. The van der Waals surface area contributed by atoms with E-state index in [4.69, 9.17) is 4.74 Å². The molecule has 0 aromatic heterocycles. The molecule has 0 unspecified atom stereocenters. The molecule has 0 aliphatic rings. The Morgan fingerprint density at radius 1 is 1.41 bits per heavy atom. The molecule has 0 saturated heterocycles. The van der Waals surface area contributed by atoms with Gasteiger partial charge >= 0.3 is 6.18 Å². The van der Waals surface area contributed by atoms with Gasteiger partial charge in [-0.25, -0.2) is 0 Å². The minimum atomic E-state index is -4.41. The molecule has 3 nitrogen and oxygen atoms in total. The number of amides is 1. The summed E-state index contributed by atoms with van der Waals surface area (Å²) in [7, 11) is 1.43. The van der Waals surface area contributed by atoms with E-state index in [0.717, 1.165) is 5.56 Å². The Bertz CT molecular complexity index is 416. The maximum atomic E-state index is 11.9. The van der Waals surface area contributed by atoms with Crippen molar-refractivity contribution in [1.82, 2.24) is 5.32 Å². The van der Waals surface area contributed by atoms with E-state index in [-0.39, 0.29) is 5.56 Å². The summed E-state index contributed by atoms with van der Waals surface area (Å²) in [6, 6.07) is 4.46. The molecule has 0 spiro atoms. The molecule has 0 fully saturated rings. The van der Waals surface area contributed by atoms with Crippen LogP contribution in [-0.2, 0) is 0 Å². The van der Waals surface area contributed by atoms with Crippen LogP contribution in [0.1, 0.15) is 15.9 Å². The fraction of sp³-hybridized carbons (Fsp3) is 0.364. The van der Waals surface area contributed by atoms with Crippen molar-refractivity contribution in [3.63, 3.8) is 0 Å². The SMILES string of the molecule is COc1cc(C(=O)NCC(F)(F)F)ccc1C. The zero-order valence-electron chi connectivity index (χ0n) is 9.39. The molecule has 17 heavy (non-hydrogen) atoms. The van der Waals surface area contributed by atoms with Crippen molar-refractivity contribution in [1.29, 1.82) is 0 Å². The number of halogens is 3. The van der Waals surface area contributed by atoms with Crippen LogP contribution in [0.2, 0.25) is 0 Å². The van der Waals surface area contributed by atoms with Crippen molar-refractivity contribution in [2.75, 3.05) is 13.7 Å². The number of rotatable bonds is 3. The minimum absolute atomic E-state index is 0.136. The van der Waals surface area contributed by atoms with Crippen LogP contribution in [0, 0.1) is 6.92 Å². The maximum absolute atomic E-state index is 11.9. The Balaban J connectivity index is 2.76. The van der Waals surface area contributed by atoms with Gasteiger partial charge < -0.3 is 10.1 Å². The Hall–Kier alpha value is -1.72. The predicted molar refractivity (Wildman–Crippen MR) is 56.1 cm³/mol. The zero-order valence-corrected chi connectivity index (χ0v) is 9.39. The third-order valence-electron chi connectivity index (χ3n) is 2.12. The zero-order chi connectivity index (χ0) is 13.1. The Morgan fingerprint density at radius 2 is 2.06 bits per heavy atom. The molecule has 1 N–H and O–H groups in total. The topological polar surface area (TPSA) is 38.3 Å². The van der Waals surface area contributed by atoms with Crippen molar-refractivity contribution in [2.45, 2.75) is 13.1 Å². The predicted octanol–water partition coefficient (Wildman–Crippen LogP) is 2.30. The molecule has 0 aliphatic heterocycles. The van der Waals surface area contributed by atoms with Crippen LogP contribution in [0.4, 0.5) is 13.2 Å². The summed E-state index contributed by atoms with van der Waals surface area (Å²) in [5, 5.41) is 1.79. The molecular weight excluding hydrogens is 235 g/mol. The maximum Gasteiger partial charge on any atom is 0.405 e. The van der Waals surface area contributed by atoms with Crippen molar-refractivity contribution in [3.05, 3.63) is 29.3 Å². The van der Waals surface area contributed by atoms with Gasteiger partial charge in [-0.05, 0) is 24.6 Å². The fourth-order valence-corrected chi connectivity index (χ4v) is 1.24. The van der Waals surface area contributed by atoms with Gasteiger partial charge in [-0.15, -0.1) is 0 Å². The number of carbonyl (C=O) groups is 1. The first kappa shape index (κ1) is 13.3. The average Bonchev–Trinajstić information content (AvgIpc) is 2.25. The number of aryl methyl sites for hydroxylation is 1. The van der Waals surface area contributed by atoms with Gasteiger partial charge in [-0.1, -0.05) is 6.07 Å². The third-order valence-corrected chi connectivity index (χ3v) is 2.12. The minimum Gasteiger partial charge on any atom is -0.496 e. The molecule has 0 heterocycles. The Kier molecular flexibility index (Phi) is 3.98. The first-order valence-electron chi connectivity index (χ1n) is 4.83. The number of hydrogen-bond donors (Lipinski definition) is 1. The van der Waals surface area contributed by atoms with E-state index >= 15 is 0 Å². The molecule has 94 valence electrons. The lowest BCUT2D eigenvalue weighted by molar-refractivity contribution is -0.123. The third kappa shape index (κ3) is 3.97. The van der Waals surface area contributed by atoms with Crippen molar-refractivity contribution >= 4 is 5.91 Å². The highest BCUT2D eigenvalue weighted by Crippen LogP contribution is 2.19. The lowest BCUT2D eigenvalue weighted by Crippen LogP contribution is -2.33.